The van der Waals surface area contributed by atoms with Crippen LogP contribution in [0, 0.1) is 0 Å². The van der Waals surface area contributed by atoms with E-state index < -0.39 is 11.2 Å². The first kappa shape index (κ1) is 18.1. The summed E-state index contributed by atoms with van der Waals surface area (Å²) in [5.41, 5.74) is 7.04. The number of hydrogen-bond acceptors (Lipinski definition) is 4. The van der Waals surface area contributed by atoms with Gasteiger partial charge in [-0.2, -0.15) is 0 Å². The van der Waals surface area contributed by atoms with Gasteiger partial charge in [0, 0.05) is 35.0 Å². The van der Waals surface area contributed by atoms with Gasteiger partial charge >= 0.3 is 0 Å². The van der Waals surface area contributed by atoms with Crippen molar-refractivity contribution >= 4 is 35.2 Å². The Kier molecular flexibility index (Phi) is 4.75. The lowest BCUT2D eigenvalue weighted by molar-refractivity contribution is -0.121. The number of thioether (sulfide) groups is 1. The zero-order valence-corrected chi connectivity index (χ0v) is 15.6. The summed E-state index contributed by atoms with van der Waals surface area (Å²) in [4.78, 5) is 38.5. The van der Waals surface area contributed by atoms with Gasteiger partial charge in [-0.05, 0) is 60.7 Å². The number of amides is 3. The predicted molar refractivity (Wildman–Crippen MR) is 107 cm³/mol. The van der Waals surface area contributed by atoms with E-state index in [1.165, 1.54) is 28.8 Å². The Balaban J connectivity index is 1.48. The number of nitrogens with two attached hydrogens (primary N) is 1. The summed E-state index contributed by atoms with van der Waals surface area (Å²) in [6.07, 6.45) is 4.06. The van der Waals surface area contributed by atoms with Crippen molar-refractivity contribution in [2.75, 3.05) is 4.90 Å². The highest BCUT2D eigenvalue weighted by molar-refractivity contribution is 8.00. The summed E-state index contributed by atoms with van der Waals surface area (Å²) >= 11 is 1.38. The molecule has 140 valence electrons. The third-order valence-corrected chi connectivity index (χ3v) is 5.73. The molecule has 0 aliphatic carbocycles. The second kappa shape index (κ2) is 7.36. The van der Waals surface area contributed by atoms with E-state index in [0.717, 1.165) is 10.6 Å². The van der Waals surface area contributed by atoms with Crippen molar-refractivity contribution in [1.29, 1.82) is 0 Å². The maximum atomic E-state index is 12.8. The van der Waals surface area contributed by atoms with Crippen LogP contribution in [0.5, 0.6) is 0 Å². The van der Waals surface area contributed by atoms with Crippen LogP contribution in [-0.4, -0.2) is 27.5 Å². The summed E-state index contributed by atoms with van der Waals surface area (Å²) in [6.45, 7) is 0. The Morgan fingerprint density at radius 2 is 1.54 bits per heavy atom. The van der Waals surface area contributed by atoms with E-state index in [2.05, 4.69) is 0 Å². The number of nitrogens with zero attached hydrogens (tertiary/aromatic N) is 2. The van der Waals surface area contributed by atoms with Gasteiger partial charge in [-0.15, -0.1) is 11.8 Å². The first-order valence-corrected chi connectivity index (χ1v) is 9.57. The van der Waals surface area contributed by atoms with Gasteiger partial charge < -0.3 is 10.3 Å². The van der Waals surface area contributed by atoms with E-state index in [1.54, 1.807) is 12.1 Å². The van der Waals surface area contributed by atoms with Crippen LogP contribution in [0.2, 0.25) is 0 Å². The zero-order chi connectivity index (χ0) is 19.7. The van der Waals surface area contributed by atoms with E-state index in [0.29, 0.717) is 11.3 Å². The van der Waals surface area contributed by atoms with Crippen LogP contribution in [0.1, 0.15) is 16.8 Å². The number of anilines is 1. The third-order valence-electron chi connectivity index (χ3n) is 4.53. The van der Waals surface area contributed by atoms with E-state index in [1.807, 2.05) is 53.4 Å². The summed E-state index contributed by atoms with van der Waals surface area (Å²) in [5.74, 6) is -1.06. The Morgan fingerprint density at radius 3 is 2.14 bits per heavy atom. The zero-order valence-electron chi connectivity index (χ0n) is 14.8. The van der Waals surface area contributed by atoms with Crippen molar-refractivity contribution in [3.8, 4) is 5.69 Å². The van der Waals surface area contributed by atoms with E-state index in [4.69, 9.17) is 5.73 Å². The monoisotopic (exact) mass is 391 g/mol. The van der Waals surface area contributed by atoms with Crippen molar-refractivity contribution < 1.29 is 14.4 Å². The molecule has 2 heterocycles. The second-order valence-electron chi connectivity index (χ2n) is 6.37. The topological polar surface area (TPSA) is 85.4 Å². The minimum Gasteiger partial charge on any atom is -0.366 e. The SMILES string of the molecule is NC(=O)c1ccc(N2C(=O)CC(Sc3ccc(-n4cccc4)cc3)C2=O)cc1. The molecule has 0 bridgehead atoms. The fourth-order valence-corrected chi connectivity index (χ4v) is 4.16. The molecule has 0 radical (unpaired) electrons. The largest absolute Gasteiger partial charge is 0.366 e. The molecule has 1 aliphatic rings. The molecule has 1 unspecified atom stereocenters. The summed E-state index contributed by atoms with van der Waals surface area (Å²) in [6, 6.07) is 17.9. The first-order valence-electron chi connectivity index (χ1n) is 8.69. The minimum absolute atomic E-state index is 0.139. The molecule has 2 N–H and O–H groups in total. The van der Waals surface area contributed by atoms with Crippen LogP contribution in [0.15, 0.2) is 78.0 Å². The molecule has 1 atom stereocenters. The smallest absolute Gasteiger partial charge is 0.248 e. The van der Waals surface area contributed by atoms with E-state index >= 15 is 0 Å². The number of hydrogen-bond donors (Lipinski definition) is 1. The highest BCUT2D eigenvalue weighted by Gasteiger charge is 2.40. The minimum atomic E-state index is -0.553. The number of carbonyl (C=O) groups excluding carboxylic acids is 3. The average molecular weight is 391 g/mol. The predicted octanol–water partition coefficient (Wildman–Crippen LogP) is 3.00. The van der Waals surface area contributed by atoms with Crippen molar-refractivity contribution in [3.05, 3.63) is 78.6 Å². The van der Waals surface area contributed by atoms with Gasteiger partial charge in [0.15, 0.2) is 0 Å². The maximum Gasteiger partial charge on any atom is 0.248 e. The first-order chi connectivity index (χ1) is 13.5. The Labute approximate surface area is 165 Å². The molecular formula is C21H17N3O3S. The van der Waals surface area contributed by atoms with Crippen molar-refractivity contribution in [1.82, 2.24) is 4.57 Å². The van der Waals surface area contributed by atoms with Crippen LogP contribution in [-0.2, 0) is 9.59 Å². The molecule has 1 aromatic heterocycles. The van der Waals surface area contributed by atoms with Crippen LogP contribution in [0.25, 0.3) is 5.69 Å². The molecule has 3 amide bonds. The number of rotatable bonds is 5. The van der Waals surface area contributed by atoms with E-state index in [-0.39, 0.29) is 18.2 Å². The molecule has 1 aliphatic heterocycles. The van der Waals surface area contributed by atoms with Gasteiger partial charge in [0.2, 0.25) is 17.7 Å². The molecule has 4 rings (SSSR count). The molecule has 7 heteroatoms. The Hall–Kier alpha value is -3.32. The van der Waals surface area contributed by atoms with Crippen molar-refractivity contribution in [2.45, 2.75) is 16.6 Å². The lowest BCUT2D eigenvalue weighted by atomic mass is 10.2. The van der Waals surface area contributed by atoms with E-state index in [9.17, 15) is 14.4 Å². The summed E-state index contributed by atoms with van der Waals surface area (Å²) in [5, 5.41) is -0.472. The Bertz CT molecular complexity index is 1030. The number of benzene rings is 2. The highest BCUT2D eigenvalue weighted by atomic mass is 32.2. The normalized spacial score (nSPS) is 16.6. The van der Waals surface area contributed by atoms with Gasteiger partial charge in [0.25, 0.3) is 0 Å². The van der Waals surface area contributed by atoms with Gasteiger partial charge in [-0.3, -0.25) is 14.4 Å². The molecule has 0 spiro atoms. The molecule has 2 aromatic carbocycles. The van der Waals surface area contributed by atoms with Crippen LogP contribution < -0.4 is 10.6 Å². The number of imide groups is 1. The third kappa shape index (κ3) is 3.44. The highest BCUT2D eigenvalue weighted by Crippen LogP contribution is 2.34. The van der Waals surface area contributed by atoms with Crippen LogP contribution >= 0.6 is 11.8 Å². The molecule has 28 heavy (non-hydrogen) atoms. The standard InChI is InChI=1S/C21H17N3O3S/c22-20(26)14-3-5-16(6-4-14)24-19(25)13-18(21(24)27)28-17-9-7-15(8-10-17)23-11-1-2-12-23/h1-12,18H,13H2,(H2,22,26). The number of aromatic nitrogens is 1. The molecule has 1 saturated heterocycles. The fraction of sp³-hybridized carbons (Fsp3) is 0.0952. The maximum absolute atomic E-state index is 12.8. The molecular weight excluding hydrogens is 374 g/mol. The van der Waals surface area contributed by atoms with Crippen molar-refractivity contribution in [3.63, 3.8) is 0 Å². The molecule has 6 nitrogen and oxygen atoms in total. The summed E-state index contributed by atoms with van der Waals surface area (Å²) in [7, 11) is 0. The Morgan fingerprint density at radius 1 is 0.929 bits per heavy atom. The summed E-state index contributed by atoms with van der Waals surface area (Å²) < 4.78 is 2.00. The van der Waals surface area contributed by atoms with Crippen molar-refractivity contribution in [2.24, 2.45) is 5.73 Å². The molecule has 0 saturated carbocycles. The molecule has 3 aromatic rings. The fourth-order valence-electron chi connectivity index (χ4n) is 3.11. The molecule has 1 fully saturated rings. The van der Waals surface area contributed by atoms with Crippen LogP contribution in [0.3, 0.4) is 0 Å². The lowest BCUT2D eigenvalue weighted by Crippen LogP contribution is -2.31. The lowest BCUT2D eigenvalue weighted by Gasteiger charge is -2.15. The van der Waals surface area contributed by atoms with Gasteiger partial charge in [0.05, 0.1) is 10.9 Å². The van der Waals surface area contributed by atoms with Gasteiger partial charge in [-0.25, -0.2) is 4.90 Å². The van der Waals surface area contributed by atoms with Gasteiger partial charge in [-0.1, -0.05) is 0 Å². The van der Waals surface area contributed by atoms with Gasteiger partial charge in [0.1, 0.15) is 0 Å². The number of carbonyl (C=O) groups is 3. The average Bonchev–Trinajstić information content (AvgIpc) is 3.31. The second-order valence-corrected chi connectivity index (χ2v) is 7.65. The number of primary amides is 1. The quantitative estimate of drug-likeness (QED) is 0.678. The van der Waals surface area contributed by atoms with Crippen LogP contribution in [0.4, 0.5) is 5.69 Å².